The van der Waals surface area contributed by atoms with E-state index >= 15 is 0 Å². The van der Waals surface area contributed by atoms with Crippen LogP contribution in [0.4, 0.5) is 0 Å². The molecule has 7 nitrogen and oxygen atoms in total. The number of ether oxygens (including phenoxy) is 1. The Morgan fingerprint density at radius 1 is 1.28 bits per heavy atom. The van der Waals surface area contributed by atoms with Gasteiger partial charge in [-0.3, -0.25) is 4.90 Å². The van der Waals surface area contributed by atoms with Gasteiger partial charge < -0.3 is 9.26 Å². The number of benzene rings is 1. The van der Waals surface area contributed by atoms with Gasteiger partial charge in [0.05, 0.1) is 19.3 Å². The smallest absolute Gasteiger partial charge is 0.241 e. The Morgan fingerprint density at radius 2 is 2.12 bits per heavy atom. The average molecular weight is 337 g/mol. The Bertz CT molecular complexity index is 862. The summed E-state index contributed by atoms with van der Waals surface area (Å²) in [7, 11) is 1.64. The van der Waals surface area contributed by atoms with Crippen LogP contribution >= 0.6 is 0 Å². The van der Waals surface area contributed by atoms with E-state index < -0.39 is 0 Å². The topological polar surface area (TPSA) is 77.2 Å². The fraction of sp³-hybridized carbons (Fsp3) is 0.333. The van der Waals surface area contributed by atoms with Crippen LogP contribution in [0.15, 0.2) is 41.3 Å². The molecule has 0 radical (unpaired) electrons. The molecular weight excluding hydrogens is 318 g/mol. The number of nitrogens with zero attached hydrogens (tertiary/aromatic N) is 5. The Morgan fingerprint density at radius 3 is 2.92 bits per heavy atom. The van der Waals surface area contributed by atoms with Crippen LogP contribution < -0.4 is 4.74 Å². The van der Waals surface area contributed by atoms with Crippen molar-refractivity contribution in [1.82, 2.24) is 25.0 Å². The first-order chi connectivity index (χ1) is 12.2. The third kappa shape index (κ3) is 3.23. The summed E-state index contributed by atoms with van der Waals surface area (Å²) in [5.41, 5.74) is 3.20. The molecule has 1 aliphatic rings. The highest BCUT2D eigenvalue weighted by Crippen LogP contribution is 2.26. The lowest BCUT2D eigenvalue weighted by molar-refractivity contribution is 0.194. The number of hydrogen-bond acceptors (Lipinski definition) is 7. The van der Waals surface area contributed by atoms with Crippen LogP contribution in [-0.4, -0.2) is 38.7 Å². The van der Waals surface area contributed by atoms with Gasteiger partial charge in [-0.2, -0.15) is 4.98 Å². The van der Waals surface area contributed by atoms with Gasteiger partial charge in [-0.15, -0.1) is 0 Å². The van der Waals surface area contributed by atoms with Gasteiger partial charge in [0, 0.05) is 36.3 Å². The van der Waals surface area contributed by atoms with Crippen molar-refractivity contribution in [2.45, 2.75) is 25.9 Å². The summed E-state index contributed by atoms with van der Waals surface area (Å²) in [6.45, 7) is 4.49. The summed E-state index contributed by atoms with van der Waals surface area (Å²) in [4.78, 5) is 15.3. The van der Waals surface area contributed by atoms with E-state index in [-0.39, 0.29) is 0 Å². The Labute approximate surface area is 145 Å². The van der Waals surface area contributed by atoms with Crippen molar-refractivity contribution in [3.05, 3.63) is 53.9 Å². The van der Waals surface area contributed by atoms with Gasteiger partial charge in [0.25, 0.3) is 0 Å². The lowest BCUT2D eigenvalue weighted by Crippen LogP contribution is -2.33. The molecule has 0 spiro atoms. The molecule has 3 aromatic rings. The molecule has 0 aliphatic carbocycles. The van der Waals surface area contributed by atoms with Crippen molar-refractivity contribution in [3.63, 3.8) is 0 Å². The molecule has 7 heteroatoms. The summed E-state index contributed by atoms with van der Waals surface area (Å²) >= 11 is 0. The monoisotopic (exact) mass is 337 g/mol. The molecular formula is C18H19N5O2. The molecule has 25 heavy (non-hydrogen) atoms. The van der Waals surface area contributed by atoms with Gasteiger partial charge in [0.1, 0.15) is 12.1 Å². The maximum Gasteiger partial charge on any atom is 0.241 e. The number of aromatic nitrogens is 4. The predicted octanol–water partition coefficient (Wildman–Crippen LogP) is 2.65. The fourth-order valence-corrected chi connectivity index (χ4v) is 3.20. The molecule has 0 bridgehead atoms. The molecule has 1 aromatic carbocycles. The van der Waals surface area contributed by atoms with Crippen molar-refractivity contribution in [2.75, 3.05) is 13.7 Å². The number of rotatable bonds is 4. The number of fused-ring (bicyclic) bond motifs is 1. The summed E-state index contributed by atoms with van der Waals surface area (Å²) in [6.07, 6.45) is 3.51. The zero-order chi connectivity index (χ0) is 17.2. The quantitative estimate of drug-likeness (QED) is 0.724. The van der Waals surface area contributed by atoms with Crippen molar-refractivity contribution in [3.8, 4) is 17.1 Å². The summed E-state index contributed by atoms with van der Waals surface area (Å²) < 4.78 is 10.6. The largest absolute Gasteiger partial charge is 0.497 e. The minimum atomic E-state index is 0.357. The van der Waals surface area contributed by atoms with Crippen LogP contribution in [0.25, 0.3) is 11.4 Å². The first-order valence-electron chi connectivity index (χ1n) is 8.21. The van der Waals surface area contributed by atoms with Crippen molar-refractivity contribution in [2.24, 2.45) is 0 Å². The molecule has 2 aromatic heterocycles. The first-order valence-corrected chi connectivity index (χ1v) is 8.21. The molecule has 1 atom stereocenters. The predicted molar refractivity (Wildman–Crippen MR) is 90.8 cm³/mol. The van der Waals surface area contributed by atoms with Crippen LogP contribution in [0.3, 0.4) is 0 Å². The van der Waals surface area contributed by atoms with Gasteiger partial charge in [0.15, 0.2) is 0 Å². The van der Waals surface area contributed by atoms with E-state index in [1.807, 2.05) is 30.5 Å². The van der Waals surface area contributed by atoms with Crippen LogP contribution in [0.1, 0.15) is 30.0 Å². The van der Waals surface area contributed by atoms with E-state index in [0.29, 0.717) is 24.2 Å². The van der Waals surface area contributed by atoms with E-state index in [1.165, 1.54) is 0 Å². The third-order valence-corrected chi connectivity index (χ3v) is 4.39. The number of hydrogen-bond donors (Lipinski definition) is 0. The normalized spacial score (nSPS) is 17.3. The van der Waals surface area contributed by atoms with Gasteiger partial charge in [-0.05, 0) is 24.3 Å². The molecule has 4 rings (SSSR count). The fourth-order valence-electron chi connectivity index (χ4n) is 3.20. The van der Waals surface area contributed by atoms with Crippen molar-refractivity contribution < 1.29 is 9.26 Å². The second-order valence-electron chi connectivity index (χ2n) is 6.24. The maximum atomic E-state index is 5.44. The van der Waals surface area contributed by atoms with E-state index in [1.54, 1.807) is 13.4 Å². The second-order valence-corrected chi connectivity index (χ2v) is 6.24. The molecule has 0 saturated carbocycles. The van der Waals surface area contributed by atoms with Crippen LogP contribution in [0, 0.1) is 0 Å². The molecule has 128 valence electrons. The van der Waals surface area contributed by atoms with Crippen LogP contribution in [0.2, 0.25) is 0 Å². The Balaban J connectivity index is 1.48. The van der Waals surface area contributed by atoms with Crippen molar-refractivity contribution >= 4 is 0 Å². The van der Waals surface area contributed by atoms with E-state index in [4.69, 9.17) is 9.26 Å². The zero-order valence-electron chi connectivity index (χ0n) is 14.2. The SMILES string of the molecule is COc1ccc(-c2noc(CN3Cc4cncnc4C(C)C3)n2)cc1. The first kappa shape index (κ1) is 15.7. The average Bonchev–Trinajstić information content (AvgIpc) is 3.10. The van der Waals surface area contributed by atoms with Gasteiger partial charge in [-0.25, -0.2) is 9.97 Å². The van der Waals surface area contributed by atoms with E-state index in [0.717, 1.165) is 35.7 Å². The molecule has 3 heterocycles. The lowest BCUT2D eigenvalue weighted by Gasteiger charge is -2.30. The second kappa shape index (κ2) is 6.60. The molecule has 1 unspecified atom stereocenters. The Hall–Kier alpha value is -2.80. The van der Waals surface area contributed by atoms with E-state index in [2.05, 4.69) is 31.9 Å². The minimum Gasteiger partial charge on any atom is -0.497 e. The van der Waals surface area contributed by atoms with Crippen LogP contribution in [0.5, 0.6) is 5.75 Å². The summed E-state index contributed by atoms with van der Waals surface area (Å²) in [5.74, 6) is 2.36. The standard InChI is InChI=1S/C18H19N5O2/c1-12-8-23(9-14-7-19-11-20-17(12)14)10-16-21-18(22-25-16)13-3-5-15(24-2)6-4-13/h3-7,11-12H,8-10H2,1-2H3. The highest BCUT2D eigenvalue weighted by atomic mass is 16.5. The van der Waals surface area contributed by atoms with Gasteiger partial charge in [0.2, 0.25) is 11.7 Å². The lowest BCUT2D eigenvalue weighted by atomic mass is 9.98. The molecule has 0 saturated heterocycles. The highest BCUT2D eigenvalue weighted by molar-refractivity contribution is 5.55. The Kier molecular flexibility index (Phi) is 4.15. The molecule has 0 fully saturated rings. The summed E-state index contributed by atoms with van der Waals surface area (Å²) in [6, 6.07) is 7.61. The molecule has 0 amide bonds. The third-order valence-electron chi connectivity index (χ3n) is 4.39. The molecule has 0 N–H and O–H groups in total. The summed E-state index contributed by atoms with van der Waals surface area (Å²) in [5, 5.41) is 4.09. The van der Waals surface area contributed by atoms with Gasteiger partial charge >= 0.3 is 0 Å². The molecule has 1 aliphatic heterocycles. The van der Waals surface area contributed by atoms with Gasteiger partial charge in [-0.1, -0.05) is 12.1 Å². The number of methoxy groups -OCH3 is 1. The van der Waals surface area contributed by atoms with Crippen molar-refractivity contribution in [1.29, 1.82) is 0 Å². The maximum absolute atomic E-state index is 5.44. The van der Waals surface area contributed by atoms with E-state index in [9.17, 15) is 0 Å². The minimum absolute atomic E-state index is 0.357. The van der Waals surface area contributed by atoms with Crippen LogP contribution in [-0.2, 0) is 13.1 Å². The zero-order valence-corrected chi connectivity index (χ0v) is 14.2. The highest BCUT2D eigenvalue weighted by Gasteiger charge is 2.25.